The van der Waals surface area contributed by atoms with Crippen molar-refractivity contribution in [3.8, 4) is 5.75 Å². The Labute approximate surface area is 139 Å². The summed E-state index contributed by atoms with van der Waals surface area (Å²) in [6.45, 7) is 1.76. The van der Waals surface area contributed by atoms with Crippen molar-refractivity contribution in [3.05, 3.63) is 65.5 Å². The Hall–Kier alpha value is -2.89. The number of benzene rings is 2. The Balaban J connectivity index is 1.85. The molecule has 0 saturated carbocycles. The molecule has 124 valence electrons. The number of hydrogen-bond acceptors (Lipinski definition) is 3. The summed E-state index contributed by atoms with van der Waals surface area (Å²) in [5, 5.41) is 2.74. The summed E-state index contributed by atoms with van der Waals surface area (Å²) in [6.07, 6.45) is 0. The highest BCUT2D eigenvalue weighted by molar-refractivity contribution is 6.07. The molecule has 2 aromatic carbocycles. The van der Waals surface area contributed by atoms with Crippen LogP contribution in [0, 0.1) is 5.82 Å². The number of methoxy groups -OCH3 is 1. The van der Waals surface area contributed by atoms with Crippen LogP contribution in [-0.2, 0) is 16.9 Å². The van der Waals surface area contributed by atoms with Gasteiger partial charge in [-0.05, 0) is 42.3 Å². The minimum absolute atomic E-state index is 0.0939. The fraction of sp³-hybridized carbons (Fsp3) is 0.222. The van der Waals surface area contributed by atoms with Gasteiger partial charge in [-0.25, -0.2) is 9.18 Å². The van der Waals surface area contributed by atoms with Crippen LogP contribution >= 0.6 is 0 Å². The van der Waals surface area contributed by atoms with Gasteiger partial charge in [-0.3, -0.25) is 9.69 Å². The zero-order valence-corrected chi connectivity index (χ0v) is 13.4. The lowest BCUT2D eigenvalue weighted by Crippen LogP contribution is -2.40. The molecule has 2 aromatic rings. The van der Waals surface area contributed by atoms with E-state index in [0.29, 0.717) is 16.9 Å². The maximum Gasteiger partial charge on any atom is 0.325 e. The molecular formula is C18H17FN2O3. The maximum atomic E-state index is 13.0. The molecule has 0 radical (unpaired) electrons. The topological polar surface area (TPSA) is 58.6 Å². The van der Waals surface area contributed by atoms with Gasteiger partial charge in [0, 0.05) is 0 Å². The molecule has 1 heterocycles. The third kappa shape index (κ3) is 2.71. The van der Waals surface area contributed by atoms with Gasteiger partial charge >= 0.3 is 6.03 Å². The summed E-state index contributed by atoms with van der Waals surface area (Å²) in [4.78, 5) is 26.2. The van der Waals surface area contributed by atoms with Gasteiger partial charge in [-0.2, -0.15) is 0 Å². The molecule has 1 aliphatic heterocycles. The van der Waals surface area contributed by atoms with E-state index in [1.54, 1.807) is 50.4 Å². The Morgan fingerprint density at radius 2 is 1.71 bits per heavy atom. The van der Waals surface area contributed by atoms with Gasteiger partial charge in [0.15, 0.2) is 0 Å². The van der Waals surface area contributed by atoms with E-state index >= 15 is 0 Å². The number of ether oxygens (including phenoxy) is 1. The van der Waals surface area contributed by atoms with Crippen molar-refractivity contribution in [1.82, 2.24) is 10.2 Å². The number of carbonyl (C=O) groups excluding carboxylic acids is 2. The van der Waals surface area contributed by atoms with Gasteiger partial charge < -0.3 is 10.1 Å². The SMILES string of the molecule is COc1ccc([C@]2(C)NC(=O)N(Cc3ccc(F)cc3)C2=O)cc1. The van der Waals surface area contributed by atoms with Crippen molar-refractivity contribution in [2.24, 2.45) is 0 Å². The average Bonchev–Trinajstić information content (AvgIpc) is 2.81. The molecule has 0 unspecified atom stereocenters. The van der Waals surface area contributed by atoms with Crippen molar-refractivity contribution in [1.29, 1.82) is 0 Å². The van der Waals surface area contributed by atoms with E-state index in [2.05, 4.69) is 5.32 Å². The van der Waals surface area contributed by atoms with E-state index in [0.717, 1.165) is 4.90 Å². The second-order valence-corrected chi connectivity index (χ2v) is 5.80. The zero-order chi connectivity index (χ0) is 17.3. The highest BCUT2D eigenvalue weighted by Crippen LogP contribution is 2.30. The van der Waals surface area contributed by atoms with Crippen LogP contribution in [0.1, 0.15) is 18.1 Å². The van der Waals surface area contributed by atoms with Gasteiger partial charge in [0.1, 0.15) is 17.1 Å². The normalized spacial score (nSPS) is 20.2. The zero-order valence-electron chi connectivity index (χ0n) is 13.4. The fourth-order valence-electron chi connectivity index (χ4n) is 2.73. The number of rotatable bonds is 4. The standard InChI is InChI=1S/C18H17FN2O3/c1-18(13-5-9-15(24-2)10-6-13)16(22)21(17(23)20-18)11-12-3-7-14(19)8-4-12/h3-10H,11H2,1-2H3,(H,20,23)/t18-/m0/s1. The van der Waals surface area contributed by atoms with E-state index in [1.807, 2.05) is 0 Å². The first-order chi connectivity index (χ1) is 11.4. The van der Waals surface area contributed by atoms with Crippen LogP contribution in [0.15, 0.2) is 48.5 Å². The van der Waals surface area contributed by atoms with Crippen LogP contribution in [0.3, 0.4) is 0 Å². The summed E-state index contributed by atoms with van der Waals surface area (Å²) in [7, 11) is 1.56. The molecule has 0 bridgehead atoms. The minimum Gasteiger partial charge on any atom is -0.497 e. The number of urea groups is 1. The number of hydrogen-bond donors (Lipinski definition) is 1. The van der Waals surface area contributed by atoms with Crippen LogP contribution in [0.4, 0.5) is 9.18 Å². The van der Waals surface area contributed by atoms with Crippen molar-refractivity contribution in [2.75, 3.05) is 7.11 Å². The number of nitrogens with zero attached hydrogens (tertiary/aromatic N) is 1. The monoisotopic (exact) mass is 328 g/mol. The Morgan fingerprint density at radius 1 is 1.08 bits per heavy atom. The smallest absolute Gasteiger partial charge is 0.325 e. The molecule has 0 aliphatic carbocycles. The molecule has 24 heavy (non-hydrogen) atoms. The van der Waals surface area contributed by atoms with E-state index < -0.39 is 11.6 Å². The number of imide groups is 1. The molecular weight excluding hydrogens is 311 g/mol. The van der Waals surface area contributed by atoms with Gasteiger partial charge in [0.05, 0.1) is 13.7 Å². The predicted octanol–water partition coefficient (Wildman–Crippen LogP) is 2.80. The minimum atomic E-state index is -1.14. The summed E-state index contributed by atoms with van der Waals surface area (Å²) in [5.41, 5.74) is 0.214. The summed E-state index contributed by atoms with van der Waals surface area (Å²) < 4.78 is 18.1. The number of halogens is 1. The molecule has 1 atom stereocenters. The molecule has 1 saturated heterocycles. The Bertz CT molecular complexity index is 774. The van der Waals surface area contributed by atoms with Crippen LogP contribution in [-0.4, -0.2) is 23.9 Å². The Kier molecular flexibility index (Phi) is 3.97. The van der Waals surface area contributed by atoms with E-state index in [1.165, 1.54) is 12.1 Å². The molecule has 1 aliphatic rings. The van der Waals surface area contributed by atoms with Gasteiger partial charge in [0.25, 0.3) is 5.91 Å². The van der Waals surface area contributed by atoms with Gasteiger partial charge in [0.2, 0.25) is 0 Å². The number of carbonyl (C=O) groups is 2. The quantitative estimate of drug-likeness (QED) is 0.878. The molecule has 5 nitrogen and oxygen atoms in total. The summed E-state index contributed by atoms with van der Waals surface area (Å²) in [5.74, 6) is -0.0386. The van der Waals surface area contributed by atoms with E-state index in [-0.39, 0.29) is 18.3 Å². The molecule has 6 heteroatoms. The predicted molar refractivity (Wildman–Crippen MR) is 85.8 cm³/mol. The van der Waals surface area contributed by atoms with Crippen LogP contribution in [0.25, 0.3) is 0 Å². The van der Waals surface area contributed by atoms with Gasteiger partial charge in [-0.1, -0.05) is 24.3 Å². The first-order valence-corrected chi connectivity index (χ1v) is 7.47. The molecule has 1 N–H and O–H groups in total. The van der Waals surface area contributed by atoms with Crippen LogP contribution in [0.5, 0.6) is 5.75 Å². The first kappa shape index (κ1) is 16.0. The average molecular weight is 328 g/mol. The number of nitrogens with one attached hydrogen (secondary N) is 1. The lowest BCUT2D eigenvalue weighted by Gasteiger charge is -2.22. The maximum absolute atomic E-state index is 13.0. The van der Waals surface area contributed by atoms with Crippen molar-refractivity contribution in [2.45, 2.75) is 19.0 Å². The van der Waals surface area contributed by atoms with Crippen LogP contribution in [0.2, 0.25) is 0 Å². The van der Waals surface area contributed by atoms with E-state index in [4.69, 9.17) is 4.74 Å². The van der Waals surface area contributed by atoms with Crippen molar-refractivity contribution >= 4 is 11.9 Å². The fourth-order valence-corrected chi connectivity index (χ4v) is 2.73. The first-order valence-electron chi connectivity index (χ1n) is 7.47. The largest absolute Gasteiger partial charge is 0.497 e. The highest BCUT2D eigenvalue weighted by atomic mass is 19.1. The third-order valence-corrected chi connectivity index (χ3v) is 4.20. The van der Waals surface area contributed by atoms with Crippen LogP contribution < -0.4 is 10.1 Å². The Morgan fingerprint density at radius 3 is 2.29 bits per heavy atom. The molecule has 0 aromatic heterocycles. The molecule has 1 fully saturated rings. The number of amides is 3. The van der Waals surface area contributed by atoms with Gasteiger partial charge in [-0.15, -0.1) is 0 Å². The molecule has 3 rings (SSSR count). The summed E-state index contributed by atoms with van der Waals surface area (Å²) in [6, 6.07) is 12.2. The lowest BCUT2D eigenvalue weighted by atomic mass is 9.92. The third-order valence-electron chi connectivity index (χ3n) is 4.20. The van der Waals surface area contributed by atoms with E-state index in [9.17, 15) is 14.0 Å². The highest BCUT2D eigenvalue weighted by Gasteiger charge is 2.48. The summed E-state index contributed by atoms with van der Waals surface area (Å²) >= 11 is 0. The second kappa shape index (κ2) is 5.96. The molecule has 0 spiro atoms. The molecule has 3 amide bonds. The van der Waals surface area contributed by atoms with Crippen molar-refractivity contribution < 1.29 is 18.7 Å². The lowest BCUT2D eigenvalue weighted by molar-refractivity contribution is -0.131. The van der Waals surface area contributed by atoms with Crippen molar-refractivity contribution in [3.63, 3.8) is 0 Å². The second-order valence-electron chi connectivity index (χ2n) is 5.80.